The standard InChI is InChI=1S/C6H14N2O/c1-3-5(4-8-2)6(7)9/h5,8H,3-4H2,1-2H3,(H2,7,9). The number of nitrogens with two attached hydrogens (primary N) is 1. The summed E-state index contributed by atoms with van der Waals surface area (Å²) in [6.07, 6.45) is 0.816. The van der Waals surface area contributed by atoms with Crippen molar-refractivity contribution in [3.8, 4) is 0 Å². The molecule has 3 nitrogen and oxygen atoms in total. The molecule has 0 aliphatic heterocycles. The highest BCUT2D eigenvalue weighted by Gasteiger charge is 2.09. The van der Waals surface area contributed by atoms with Gasteiger partial charge in [0.05, 0.1) is 0 Å². The first-order valence-electron chi connectivity index (χ1n) is 3.16. The fourth-order valence-electron chi connectivity index (χ4n) is 0.693. The Morgan fingerprint density at radius 2 is 2.33 bits per heavy atom. The number of rotatable bonds is 4. The topological polar surface area (TPSA) is 55.1 Å². The Morgan fingerprint density at radius 3 is 2.44 bits per heavy atom. The number of amides is 1. The lowest BCUT2D eigenvalue weighted by Gasteiger charge is -2.07. The van der Waals surface area contributed by atoms with Crippen LogP contribution in [0.2, 0.25) is 0 Å². The molecule has 0 bridgehead atoms. The first-order valence-corrected chi connectivity index (χ1v) is 3.16. The van der Waals surface area contributed by atoms with E-state index in [2.05, 4.69) is 5.32 Å². The normalized spacial score (nSPS) is 13.1. The van der Waals surface area contributed by atoms with Crippen molar-refractivity contribution in [3.63, 3.8) is 0 Å². The summed E-state index contributed by atoms with van der Waals surface area (Å²) in [5, 5.41) is 2.90. The molecule has 0 heterocycles. The van der Waals surface area contributed by atoms with Gasteiger partial charge in [-0.3, -0.25) is 4.79 Å². The van der Waals surface area contributed by atoms with Crippen molar-refractivity contribution in [2.24, 2.45) is 11.7 Å². The Bertz CT molecular complexity index is 93.1. The molecule has 0 aromatic rings. The van der Waals surface area contributed by atoms with Crippen LogP contribution in [-0.2, 0) is 4.79 Å². The third-order valence-corrected chi connectivity index (χ3v) is 1.35. The zero-order chi connectivity index (χ0) is 7.28. The second-order valence-electron chi connectivity index (χ2n) is 2.07. The maximum absolute atomic E-state index is 10.5. The molecule has 0 fully saturated rings. The van der Waals surface area contributed by atoms with Crippen LogP contribution in [0.5, 0.6) is 0 Å². The van der Waals surface area contributed by atoms with E-state index in [1.165, 1.54) is 0 Å². The van der Waals surface area contributed by atoms with E-state index in [1.54, 1.807) is 0 Å². The molecule has 1 atom stereocenters. The van der Waals surface area contributed by atoms with E-state index in [1.807, 2.05) is 14.0 Å². The van der Waals surface area contributed by atoms with Gasteiger partial charge in [0.15, 0.2) is 0 Å². The summed E-state index contributed by atoms with van der Waals surface area (Å²) in [4.78, 5) is 10.5. The second-order valence-corrected chi connectivity index (χ2v) is 2.07. The van der Waals surface area contributed by atoms with E-state index in [0.29, 0.717) is 6.54 Å². The number of hydrogen-bond acceptors (Lipinski definition) is 2. The lowest BCUT2D eigenvalue weighted by atomic mass is 10.1. The Kier molecular flexibility index (Phi) is 4.05. The number of primary amides is 1. The predicted octanol–water partition coefficient (Wildman–Crippen LogP) is -0.283. The average molecular weight is 130 g/mol. The van der Waals surface area contributed by atoms with Gasteiger partial charge in [-0.25, -0.2) is 0 Å². The molecule has 0 aromatic carbocycles. The maximum atomic E-state index is 10.5. The minimum Gasteiger partial charge on any atom is -0.369 e. The largest absolute Gasteiger partial charge is 0.369 e. The number of nitrogens with one attached hydrogen (secondary N) is 1. The van der Waals surface area contributed by atoms with Gasteiger partial charge in [-0.1, -0.05) is 6.92 Å². The summed E-state index contributed by atoms with van der Waals surface area (Å²) >= 11 is 0. The Balaban J connectivity index is 3.54. The van der Waals surface area contributed by atoms with Crippen molar-refractivity contribution in [2.75, 3.05) is 13.6 Å². The molecule has 0 saturated carbocycles. The van der Waals surface area contributed by atoms with Gasteiger partial charge >= 0.3 is 0 Å². The molecule has 1 unspecified atom stereocenters. The molecular weight excluding hydrogens is 116 g/mol. The summed E-state index contributed by atoms with van der Waals surface area (Å²) in [5.74, 6) is -0.221. The number of hydrogen-bond donors (Lipinski definition) is 2. The smallest absolute Gasteiger partial charge is 0.221 e. The highest BCUT2D eigenvalue weighted by molar-refractivity contribution is 5.76. The molecule has 54 valence electrons. The second kappa shape index (κ2) is 4.32. The molecule has 3 N–H and O–H groups in total. The van der Waals surface area contributed by atoms with Gasteiger partial charge in [-0.05, 0) is 13.5 Å². The fraction of sp³-hybridized carbons (Fsp3) is 0.833. The molecule has 0 rings (SSSR count). The van der Waals surface area contributed by atoms with Gasteiger partial charge in [-0.15, -0.1) is 0 Å². The van der Waals surface area contributed by atoms with Crippen LogP contribution in [0.1, 0.15) is 13.3 Å². The fourth-order valence-corrected chi connectivity index (χ4v) is 0.693. The van der Waals surface area contributed by atoms with Crippen molar-refractivity contribution < 1.29 is 4.79 Å². The van der Waals surface area contributed by atoms with Crippen LogP contribution in [-0.4, -0.2) is 19.5 Å². The van der Waals surface area contributed by atoms with Gasteiger partial charge in [0.1, 0.15) is 0 Å². The first kappa shape index (κ1) is 8.43. The average Bonchev–Trinajstić information content (AvgIpc) is 1.82. The minimum absolute atomic E-state index is 0.00463. The molecule has 0 aliphatic carbocycles. The van der Waals surface area contributed by atoms with Gasteiger partial charge in [0.2, 0.25) is 5.91 Å². The monoisotopic (exact) mass is 130 g/mol. The van der Waals surface area contributed by atoms with Crippen molar-refractivity contribution in [2.45, 2.75) is 13.3 Å². The van der Waals surface area contributed by atoms with Crippen LogP contribution in [0, 0.1) is 5.92 Å². The molecular formula is C6H14N2O. The summed E-state index contributed by atoms with van der Waals surface area (Å²) in [7, 11) is 1.81. The third-order valence-electron chi connectivity index (χ3n) is 1.35. The molecule has 9 heavy (non-hydrogen) atoms. The molecule has 0 radical (unpaired) electrons. The van der Waals surface area contributed by atoms with Crippen molar-refractivity contribution in [3.05, 3.63) is 0 Å². The van der Waals surface area contributed by atoms with Crippen LogP contribution < -0.4 is 11.1 Å². The summed E-state index contributed by atoms with van der Waals surface area (Å²) in [5.41, 5.74) is 5.05. The van der Waals surface area contributed by atoms with Crippen LogP contribution >= 0.6 is 0 Å². The van der Waals surface area contributed by atoms with E-state index < -0.39 is 0 Å². The van der Waals surface area contributed by atoms with Gasteiger partial charge in [0, 0.05) is 12.5 Å². The Labute approximate surface area is 55.6 Å². The van der Waals surface area contributed by atoms with Gasteiger partial charge in [-0.2, -0.15) is 0 Å². The lowest BCUT2D eigenvalue weighted by Crippen LogP contribution is -2.30. The van der Waals surface area contributed by atoms with E-state index >= 15 is 0 Å². The Hall–Kier alpha value is -0.570. The maximum Gasteiger partial charge on any atom is 0.221 e. The molecule has 0 spiro atoms. The zero-order valence-corrected chi connectivity index (χ0v) is 5.98. The van der Waals surface area contributed by atoms with Crippen LogP contribution in [0.15, 0.2) is 0 Å². The van der Waals surface area contributed by atoms with Crippen LogP contribution in [0.3, 0.4) is 0 Å². The van der Waals surface area contributed by atoms with Crippen molar-refractivity contribution in [1.29, 1.82) is 0 Å². The number of carbonyl (C=O) groups excluding carboxylic acids is 1. The van der Waals surface area contributed by atoms with Gasteiger partial charge < -0.3 is 11.1 Å². The quantitative estimate of drug-likeness (QED) is 0.549. The van der Waals surface area contributed by atoms with Gasteiger partial charge in [0.25, 0.3) is 0 Å². The van der Waals surface area contributed by atoms with Crippen LogP contribution in [0.25, 0.3) is 0 Å². The SMILES string of the molecule is CCC(CNC)C(N)=O. The summed E-state index contributed by atoms with van der Waals surface area (Å²) in [6.45, 7) is 2.64. The minimum atomic E-state index is -0.216. The molecule has 0 aromatic heterocycles. The zero-order valence-electron chi connectivity index (χ0n) is 5.98. The Morgan fingerprint density at radius 1 is 1.78 bits per heavy atom. The van der Waals surface area contributed by atoms with Crippen LogP contribution in [0.4, 0.5) is 0 Å². The third kappa shape index (κ3) is 3.08. The van der Waals surface area contributed by atoms with Crippen molar-refractivity contribution >= 4 is 5.91 Å². The van der Waals surface area contributed by atoms with E-state index in [0.717, 1.165) is 6.42 Å². The molecule has 0 saturated heterocycles. The highest BCUT2D eigenvalue weighted by atomic mass is 16.1. The molecule has 0 aliphatic rings. The van der Waals surface area contributed by atoms with E-state index in [-0.39, 0.29) is 11.8 Å². The summed E-state index contributed by atoms with van der Waals surface area (Å²) < 4.78 is 0. The molecule has 3 heteroatoms. The van der Waals surface area contributed by atoms with E-state index in [4.69, 9.17) is 5.73 Å². The predicted molar refractivity (Wildman–Crippen MR) is 36.9 cm³/mol. The highest BCUT2D eigenvalue weighted by Crippen LogP contribution is 1.97. The number of carbonyl (C=O) groups is 1. The lowest BCUT2D eigenvalue weighted by molar-refractivity contribution is -0.121. The molecule has 1 amide bonds. The summed E-state index contributed by atoms with van der Waals surface area (Å²) in [6, 6.07) is 0. The van der Waals surface area contributed by atoms with E-state index in [9.17, 15) is 4.79 Å². The van der Waals surface area contributed by atoms with Crippen molar-refractivity contribution in [1.82, 2.24) is 5.32 Å². The first-order chi connectivity index (χ1) is 4.22.